The van der Waals surface area contributed by atoms with Crippen LogP contribution in [0.5, 0.6) is 0 Å². The zero-order chi connectivity index (χ0) is 12.3. The van der Waals surface area contributed by atoms with Crippen LogP contribution in [0.2, 0.25) is 0 Å². The minimum atomic E-state index is 0.538. The summed E-state index contributed by atoms with van der Waals surface area (Å²) in [5, 5.41) is 3.48. The summed E-state index contributed by atoms with van der Waals surface area (Å²) in [5.74, 6) is 0. The normalized spacial score (nSPS) is 22.2. The van der Waals surface area contributed by atoms with Crippen molar-refractivity contribution in [2.45, 2.75) is 38.8 Å². The topological polar surface area (TPSA) is 15.3 Å². The maximum Gasteiger partial charge on any atom is 0.0701 e. The van der Waals surface area contributed by atoms with Gasteiger partial charge >= 0.3 is 0 Å². The molecule has 0 saturated carbocycles. The first-order valence-corrected chi connectivity index (χ1v) is 8.05. The predicted octanol–water partition coefficient (Wildman–Crippen LogP) is 3.65. The standard InChI is InChI=1S/C13H21BrN2S/c1-3-8-16(11-6-7-15-9-11)10(2)12-4-5-13(14)17-12/h4-5,10-11,15H,3,6-9H2,1-2H3. The zero-order valence-electron chi connectivity index (χ0n) is 10.6. The van der Waals surface area contributed by atoms with Crippen molar-refractivity contribution in [3.63, 3.8) is 0 Å². The Morgan fingerprint density at radius 1 is 1.59 bits per heavy atom. The van der Waals surface area contributed by atoms with Crippen molar-refractivity contribution in [2.75, 3.05) is 19.6 Å². The van der Waals surface area contributed by atoms with E-state index in [-0.39, 0.29) is 0 Å². The molecule has 0 amide bonds. The van der Waals surface area contributed by atoms with E-state index in [1.165, 1.54) is 34.6 Å². The van der Waals surface area contributed by atoms with Crippen LogP contribution in [0, 0.1) is 0 Å². The van der Waals surface area contributed by atoms with Crippen LogP contribution in [0.1, 0.15) is 37.6 Å². The smallest absolute Gasteiger partial charge is 0.0701 e. The Morgan fingerprint density at radius 3 is 2.94 bits per heavy atom. The molecular formula is C13H21BrN2S. The Bertz CT molecular complexity index is 347. The van der Waals surface area contributed by atoms with E-state index in [9.17, 15) is 0 Å². The molecule has 0 spiro atoms. The van der Waals surface area contributed by atoms with Crippen molar-refractivity contribution in [1.29, 1.82) is 0 Å². The van der Waals surface area contributed by atoms with Gasteiger partial charge < -0.3 is 5.32 Å². The van der Waals surface area contributed by atoms with Gasteiger partial charge in [0, 0.05) is 23.5 Å². The van der Waals surface area contributed by atoms with Crippen LogP contribution in [-0.4, -0.2) is 30.6 Å². The highest BCUT2D eigenvalue weighted by molar-refractivity contribution is 9.11. The highest BCUT2D eigenvalue weighted by atomic mass is 79.9. The van der Waals surface area contributed by atoms with E-state index >= 15 is 0 Å². The lowest BCUT2D eigenvalue weighted by Gasteiger charge is -2.33. The fraction of sp³-hybridized carbons (Fsp3) is 0.692. The highest BCUT2D eigenvalue weighted by Crippen LogP contribution is 2.32. The second-order valence-electron chi connectivity index (χ2n) is 4.70. The van der Waals surface area contributed by atoms with Crippen LogP contribution in [0.4, 0.5) is 0 Å². The summed E-state index contributed by atoms with van der Waals surface area (Å²) in [5.41, 5.74) is 0. The molecular weight excluding hydrogens is 296 g/mol. The summed E-state index contributed by atoms with van der Waals surface area (Å²) in [4.78, 5) is 4.13. The van der Waals surface area contributed by atoms with E-state index in [4.69, 9.17) is 0 Å². The van der Waals surface area contributed by atoms with Crippen molar-refractivity contribution >= 4 is 27.3 Å². The lowest BCUT2D eigenvalue weighted by Crippen LogP contribution is -2.39. The first-order chi connectivity index (χ1) is 8.22. The summed E-state index contributed by atoms with van der Waals surface area (Å²) in [6.45, 7) is 8.13. The Labute approximate surface area is 117 Å². The molecule has 1 fully saturated rings. The van der Waals surface area contributed by atoms with Gasteiger partial charge in [0.1, 0.15) is 0 Å². The lowest BCUT2D eigenvalue weighted by molar-refractivity contribution is 0.156. The molecule has 0 aromatic carbocycles. The fourth-order valence-electron chi connectivity index (χ4n) is 2.59. The number of nitrogens with zero attached hydrogens (tertiary/aromatic N) is 1. The monoisotopic (exact) mass is 316 g/mol. The van der Waals surface area contributed by atoms with Crippen LogP contribution in [0.25, 0.3) is 0 Å². The molecule has 1 aromatic rings. The Morgan fingerprint density at radius 2 is 2.41 bits per heavy atom. The quantitative estimate of drug-likeness (QED) is 0.892. The first kappa shape index (κ1) is 13.5. The van der Waals surface area contributed by atoms with E-state index < -0.39 is 0 Å². The summed E-state index contributed by atoms with van der Waals surface area (Å²) in [7, 11) is 0. The van der Waals surface area contributed by atoms with Crippen molar-refractivity contribution < 1.29 is 0 Å². The molecule has 2 unspecified atom stereocenters. The van der Waals surface area contributed by atoms with Crippen molar-refractivity contribution in [2.24, 2.45) is 0 Å². The third-order valence-corrected chi connectivity index (χ3v) is 5.28. The number of nitrogens with one attached hydrogen (secondary N) is 1. The van der Waals surface area contributed by atoms with E-state index in [0.717, 1.165) is 6.54 Å². The largest absolute Gasteiger partial charge is 0.315 e. The SMILES string of the molecule is CCCN(C1CCNC1)C(C)c1ccc(Br)s1. The first-order valence-electron chi connectivity index (χ1n) is 6.44. The number of halogens is 1. The Balaban J connectivity index is 2.08. The molecule has 1 saturated heterocycles. The number of rotatable bonds is 5. The van der Waals surface area contributed by atoms with Gasteiger partial charge in [-0.05, 0) is 60.9 Å². The molecule has 2 rings (SSSR count). The van der Waals surface area contributed by atoms with Crippen LogP contribution in [0.3, 0.4) is 0 Å². The lowest BCUT2D eigenvalue weighted by atomic mass is 10.1. The van der Waals surface area contributed by atoms with Crippen molar-refractivity contribution in [3.05, 3.63) is 20.8 Å². The van der Waals surface area contributed by atoms with Crippen molar-refractivity contribution in [3.8, 4) is 0 Å². The number of hydrogen-bond acceptors (Lipinski definition) is 3. The molecule has 17 heavy (non-hydrogen) atoms. The van der Waals surface area contributed by atoms with E-state index in [0.29, 0.717) is 12.1 Å². The van der Waals surface area contributed by atoms with E-state index in [1.54, 1.807) is 0 Å². The molecule has 2 atom stereocenters. The average molecular weight is 317 g/mol. The maximum atomic E-state index is 3.56. The molecule has 1 aliphatic heterocycles. The van der Waals surface area contributed by atoms with Crippen LogP contribution >= 0.6 is 27.3 Å². The molecule has 4 heteroatoms. The van der Waals surface area contributed by atoms with E-state index in [1.807, 2.05) is 11.3 Å². The average Bonchev–Trinajstić information content (AvgIpc) is 2.95. The molecule has 96 valence electrons. The summed E-state index contributed by atoms with van der Waals surface area (Å²) in [6, 6.07) is 5.67. The second kappa shape index (κ2) is 6.32. The molecule has 1 aromatic heterocycles. The van der Waals surface area contributed by atoms with Gasteiger partial charge in [-0.2, -0.15) is 0 Å². The number of thiophene rings is 1. The molecule has 0 radical (unpaired) electrons. The minimum absolute atomic E-state index is 0.538. The molecule has 1 N–H and O–H groups in total. The summed E-state index contributed by atoms with van der Waals surface area (Å²) < 4.78 is 1.24. The van der Waals surface area contributed by atoms with Crippen LogP contribution in [-0.2, 0) is 0 Å². The van der Waals surface area contributed by atoms with Gasteiger partial charge in [-0.3, -0.25) is 4.90 Å². The predicted molar refractivity (Wildman–Crippen MR) is 78.7 cm³/mol. The third-order valence-electron chi connectivity index (χ3n) is 3.49. The summed E-state index contributed by atoms with van der Waals surface area (Å²) >= 11 is 5.42. The second-order valence-corrected chi connectivity index (χ2v) is 7.20. The molecule has 1 aliphatic rings. The van der Waals surface area contributed by atoms with Gasteiger partial charge in [0.25, 0.3) is 0 Å². The van der Waals surface area contributed by atoms with Gasteiger partial charge in [-0.15, -0.1) is 11.3 Å². The Kier molecular flexibility index (Phi) is 5.03. The highest BCUT2D eigenvalue weighted by Gasteiger charge is 2.26. The third kappa shape index (κ3) is 3.31. The van der Waals surface area contributed by atoms with Gasteiger partial charge in [-0.25, -0.2) is 0 Å². The fourth-order valence-corrected chi connectivity index (χ4v) is 4.09. The number of hydrogen-bond donors (Lipinski definition) is 1. The van der Waals surface area contributed by atoms with Crippen LogP contribution < -0.4 is 5.32 Å². The molecule has 0 bridgehead atoms. The van der Waals surface area contributed by atoms with Gasteiger partial charge in [0.2, 0.25) is 0 Å². The molecule has 2 nitrogen and oxygen atoms in total. The molecule has 2 heterocycles. The van der Waals surface area contributed by atoms with Gasteiger partial charge in [0.05, 0.1) is 3.79 Å². The minimum Gasteiger partial charge on any atom is -0.315 e. The Hall–Kier alpha value is 0.1000. The maximum absolute atomic E-state index is 3.56. The zero-order valence-corrected chi connectivity index (χ0v) is 13.0. The van der Waals surface area contributed by atoms with E-state index in [2.05, 4.69) is 52.1 Å². The summed E-state index contributed by atoms with van der Waals surface area (Å²) in [6.07, 6.45) is 2.52. The van der Waals surface area contributed by atoms with Gasteiger partial charge in [-0.1, -0.05) is 6.92 Å². The van der Waals surface area contributed by atoms with Crippen LogP contribution in [0.15, 0.2) is 15.9 Å². The van der Waals surface area contributed by atoms with Gasteiger partial charge in [0.15, 0.2) is 0 Å². The van der Waals surface area contributed by atoms with Crippen molar-refractivity contribution in [1.82, 2.24) is 10.2 Å². The molecule has 0 aliphatic carbocycles.